The summed E-state index contributed by atoms with van der Waals surface area (Å²) in [6.07, 6.45) is 0. The lowest BCUT2D eigenvalue weighted by Gasteiger charge is -2.41. The number of ketones is 1. The minimum absolute atomic E-state index is 0.144. The van der Waals surface area contributed by atoms with Crippen LogP contribution in [0.5, 0.6) is 0 Å². The summed E-state index contributed by atoms with van der Waals surface area (Å²) >= 11 is 0. The maximum Gasteiger partial charge on any atom is 0.334 e. The maximum atomic E-state index is 14.4. The van der Waals surface area contributed by atoms with Crippen molar-refractivity contribution >= 4 is 39.9 Å². The monoisotopic (exact) mass is 595 g/mol. The predicted molar refractivity (Wildman–Crippen MR) is 168 cm³/mol. The summed E-state index contributed by atoms with van der Waals surface area (Å²) in [5, 5.41) is 15.8. The van der Waals surface area contributed by atoms with E-state index < -0.39 is 17.8 Å². The number of anilines is 2. The number of para-hydroxylation sites is 1. The highest BCUT2D eigenvalue weighted by Gasteiger charge is 2.43. The van der Waals surface area contributed by atoms with Gasteiger partial charge < -0.3 is 29.3 Å². The largest absolute Gasteiger partial charge is 0.479 e. The van der Waals surface area contributed by atoms with E-state index in [2.05, 4.69) is 45.6 Å². The van der Waals surface area contributed by atoms with E-state index in [-0.39, 0.29) is 17.5 Å². The van der Waals surface area contributed by atoms with E-state index in [1.165, 1.54) is 4.90 Å². The lowest BCUT2D eigenvalue weighted by Crippen LogP contribution is -2.47. The second-order valence-corrected chi connectivity index (χ2v) is 12.3. The van der Waals surface area contributed by atoms with Gasteiger partial charge in [0.15, 0.2) is 11.8 Å². The van der Waals surface area contributed by atoms with Crippen molar-refractivity contribution in [3.8, 4) is 0 Å². The van der Waals surface area contributed by atoms with E-state index in [9.17, 15) is 19.5 Å². The van der Waals surface area contributed by atoms with Crippen LogP contribution in [-0.4, -0.2) is 99.8 Å². The highest BCUT2D eigenvalue weighted by Crippen LogP contribution is 2.45. The van der Waals surface area contributed by atoms with Crippen molar-refractivity contribution in [1.29, 1.82) is 0 Å². The summed E-state index contributed by atoms with van der Waals surface area (Å²) in [5.41, 5.74) is 7.19. The minimum atomic E-state index is -1.32. The number of carbonyl (C=O) groups is 3. The molecule has 2 atom stereocenters. The Morgan fingerprint density at radius 3 is 2.32 bits per heavy atom. The van der Waals surface area contributed by atoms with Gasteiger partial charge in [0, 0.05) is 81.4 Å². The zero-order chi connectivity index (χ0) is 31.0. The van der Waals surface area contributed by atoms with Gasteiger partial charge in [-0.25, -0.2) is 4.79 Å². The molecular formula is C33H37N7O4. The summed E-state index contributed by atoms with van der Waals surface area (Å²) in [7, 11) is 5.62. The van der Waals surface area contributed by atoms with Gasteiger partial charge in [0.1, 0.15) is 0 Å². The number of carbonyl (C=O) groups excluding carboxylic acids is 2. The van der Waals surface area contributed by atoms with E-state index in [1.807, 2.05) is 42.7 Å². The average molecular weight is 596 g/mol. The molecule has 1 amide bonds. The van der Waals surface area contributed by atoms with Crippen LogP contribution < -0.4 is 9.80 Å². The zero-order valence-corrected chi connectivity index (χ0v) is 25.7. The second-order valence-electron chi connectivity index (χ2n) is 12.3. The van der Waals surface area contributed by atoms with Crippen LogP contribution in [0.4, 0.5) is 11.4 Å². The van der Waals surface area contributed by atoms with Crippen LogP contribution in [0.15, 0.2) is 42.5 Å². The molecule has 2 unspecified atom stereocenters. The first kappa shape index (κ1) is 28.1. The van der Waals surface area contributed by atoms with Crippen LogP contribution in [0, 0.1) is 13.8 Å². The Hall–Kier alpha value is -4.64. The summed E-state index contributed by atoms with van der Waals surface area (Å²) in [6.45, 7) is 8.06. The van der Waals surface area contributed by atoms with Crippen molar-refractivity contribution in [3.05, 3.63) is 76.2 Å². The molecule has 0 spiro atoms. The number of aliphatic carboxylic acids is 1. The van der Waals surface area contributed by atoms with E-state index in [0.29, 0.717) is 43.1 Å². The number of fused-ring (bicyclic) bond motifs is 4. The molecule has 11 heteroatoms. The highest BCUT2D eigenvalue weighted by molar-refractivity contribution is 6.22. The quantitative estimate of drug-likeness (QED) is 0.359. The first-order valence-electron chi connectivity index (χ1n) is 15.1. The third kappa shape index (κ3) is 4.13. The number of hydrogen-bond donors (Lipinski definition) is 1. The van der Waals surface area contributed by atoms with Gasteiger partial charge in [-0.15, -0.1) is 0 Å². The summed E-state index contributed by atoms with van der Waals surface area (Å²) < 4.78 is 4.25. The molecule has 3 aliphatic rings. The molecule has 0 bridgehead atoms. The van der Waals surface area contributed by atoms with Gasteiger partial charge in [-0.2, -0.15) is 5.10 Å². The summed E-state index contributed by atoms with van der Waals surface area (Å²) in [6, 6.07) is 12.5. The molecule has 2 aromatic heterocycles. The molecule has 1 saturated heterocycles. The molecule has 1 N–H and O–H groups in total. The summed E-state index contributed by atoms with van der Waals surface area (Å²) in [5.74, 6) is -1.85. The number of carboxylic acids is 1. The maximum absolute atomic E-state index is 14.4. The first-order valence-corrected chi connectivity index (χ1v) is 15.1. The fraction of sp³-hybridized carbons (Fsp3) is 0.394. The van der Waals surface area contributed by atoms with E-state index in [1.54, 1.807) is 13.1 Å². The molecule has 7 rings (SSSR count). The van der Waals surface area contributed by atoms with E-state index in [4.69, 9.17) is 5.10 Å². The molecule has 1 fully saturated rings. The number of aryl methyl sites for hydroxylation is 2. The van der Waals surface area contributed by atoms with Gasteiger partial charge in [0.2, 0.25) is 0 Å². The van der Waals surface area contributed by atoms with Gasteiger partial charge in [-0.1, -0.05) is 18.2 Å². The van der Waals surface area contributed by atoms with Gasteiger partial charge in [0.25, 0.3) is 5.91 Å². The molecule has 0 aliphatic carbocycles. The Labute approximate surface area is 255 Å². The Morgan fingerprint density at radius 1 is 0.909 bits per heavy atom. The first-order chi connectivity index (χ1) is 21.1. The Bertz CT molecular complexity index is 1850. The lowest BCUT2D eigenvalue weighted by molar-refractivity contribution is -0.137. The number of hydrogen-bond acceptors (Lipinski definition) is 7. The SMILES string of the molecule is Cc1nn(C)c(C)c1C1c2cc3ccccc3n2CCN1c1cc2c(cc1C(=O)N1CCN(C)CC1)C(=O)C(C(=O)O)N2C. The molecule has 2 aromatic carbocycles. The van der Waals surface area contributed by atoms with E-state index in [0.717, 1.165) is 46.6 Å². The molecular weight excluding hydrogens is 558 g/mol. The fourth-order valence-corrected chi connectivity index (χ4v) is 7.35. The van der Waals surface area contributed by atoms with Crippen molar-refractivity contribution in [3.63, 3.8) is 0 Å². The number of carboxylic acid groups (broad SMARTS) is 1. The van der Waals surface area contributed by atoms with Crippen molar-refractivity contribution < 1.29 is 19.5 Å². The topological polar surface area (TPSA) is 107 Å². The second kappa shape index (κ2) is 10.2. The number of amides is 1. The molecule has 3 aliphatic heterocycles. The van der Waals surface area contributed by atoms with Crippen molar-refractivity contribution in [2.45, 2.75) is 32.5 Å². The molecule has 11 nitrogen and oxygen atoms in total. The van der Waals surface area contributed by atoms with Crippen molar-refractivity contribution in [2.24, 2.45) is 7.05 Å². The van der Waals surface area contributed by atoms with Gasteiger partial charge >= 0.3 is 5.97 Å². The Morgan fingerprint density at radius 2 is 1.64 bits per heavy atom. The highest BCUT2D eigenvalue weighted by atomic mass is 16.4. The van der Waals surface area contributed by atoms with Crippen LogP contribution in [-0.2, 0) is 18.4 Å². The number of aromatic nitrogens is 3. The third-order valence-electron chi connectivity index (χ3n) is 9.80. The van der Waals surface area contributed by atoms with Gasteiger partial charge in [-0.05, 0) is 50.5 Å². The molecule has 0 radical (unpaired) electrons. The van der Waals surface area contributed by atoms with Gasteiger partial charge in [-0.3, -0.25) is 14.3 Å². The van der Waals surface area contributed by atoms with Crippen LogP contribution in [0.25, 0.3) is 10.9 Å². The Kier molecular flexibility index (Phi) is 6.54. The number of Topliss-reactive ketones (excluding diaryl/α,β-unsaturated/α-hetero) is 1. The fourth-order valence-electron chi connectivity index (χ4n) is 7.35. The minimum Gasteiger partial charge on any atom is -0.479 e. The molecule has 44 heavy (non-hydrogen) atoms. The number of benzene rings is 2. The normalized spacial score (nSPS) is 20.4. The molecule has 0 saturated carbocycles. The summed E-state index contributed by atoms with van der Waals surface area (Å²) in [4.78, 5) is 47.7. The predicted octanol–water partition coefficient (Wildman–Crippen LogP) is 3.07. The van der Waals surface area contributed by atoms with Crippen LogP contribution >= 0.6 is 0 Å². The van der Waals surface area contributed by atoms with Gasteiger partial charge in [0.05, 0.1) is 28.7 Å². The lowest BCUT2D eigenvalue weighted by atomic mass is 9.94. The molecule has 5 heterocycles. The third-order valence-corrected chi connectivity index (χ3v) is 9.80. The van der Waals surface area contributed by atoms with Crippen molar-refractivity contribution in [1.82, 2.24) is 24.1 Å². The standard InChI is InChI=1S/C33H37N7O4/c1-19-28(20(2)37(5)34-19)29-27-16-21-8-6-7-9-24(21)39(27)14-15-40(29)26-18-25-22(31(41)30(33(43)44)36(25)4)17-23(26)32(42)38-12-10-35(3)11-13-38/h6-9,16-18,29-30H,10-15H2,1-5H3,(H,43,44). The van der Waals surface area contributed by atoms with Crippen LogP contribution in [0.1, 0.15) is 49.4 Å². The molecule has 228 valence electrons. The van der Waals surface area contributed by atoms with E-state index >= 15 is 0 Å². The van der Waals surface area contributed by atoms with Crippen molar-refractivity contribution in [2.75, 3.05) is 56.6 Å². The number of rotatable bonds is 4. The average Bonchev–Trinajstić information content (AvgIpc) is 3.59. The Balaban J connectivity index is 1.45. The van der Waals surface area contributed by atoms with Crippen LogP contribution in [0.2, 0.25) is 0 Å². The smallest absolute Gasteiger partial charge is 0.334 e. The number of piperazine rings is 1. The van der Waals surface area contributed by atoms with Crippen LogP contribution in [0.3, 0.4) is 0 Å². The number of likely N-dealkylation sites (N-methyl/N-ethyl adjacent to an activating group) is 2. The zero-order valence-electron chi connectivity index (χ0n) is 25.7. The molecule has 4 aromatic rings. The number of nitrogens with zero attached hydrogens (tertiary/aromatic N) is 7.